The largest absolute Gasteiger partial charge is 0.354 e. The highest BCUT2D eigenvalue weighted by Crippen LogP contribution is 2.19. The fraction of sp³-hybridized carbons (Fsp3) is 0.533. The van der Waals surface area contributed by atoms with Gasteiger partial charge < -0.3 is 5.32 Å². The summed E-state index contributed by atoms with van der Waals surface area (Å²) in [6.07, 6.45) is 0. The lowest BCUT2D eigenvalue weighted by Gasteiger charge is -2.24. The average Bonchev–Trinajstić information content (AvgIpc) is 2.36. The molecule has 1 aromatic rings. The molecule has 1 aromatic carbocycles. The molecule has 0 aliphatic heterocycles. The van der Waals surface area contributed by atoms with Crippen molar-refractivity contribution in [3.8, 4) is 0 Å². The Morgan fingerprint density at radius 3 is 2.40 bits per heavy atom. The van der Waals surface area contributed by atoms with E-state index in [2.05, 4.69) is 19.2 Å². The molecule has 20 heavy (non-hydrogen) atoms. The van der Waals surface area contributed by atoms with Crippen molar-refractivity contribution in [3.05, 3.63) is 35.6 Å². The lowest BCUT2D eigenvalue weighted by molar-refractivity contribution is -0.125. The Bertz CT molecular complexity index is 420. The van der Waals surface area contributed by atoms with Gasteiger partial charge in [0.2, 0.25) is 5.91 Å². The fourth-order valence-electron chi connectivity index (χ4n) is 1.89. The van der Waals surface area contributed by atoms with Crippen molar-refractivity contribution in [3.63, 3.8) is 0 Å². The quantitative estimate of drug-likeness (QED) is 0.786. The van der Waals surface area contributed by atoms with Gasteiger partial charge in [-0.25, -0.2) is 4.39 Å². The first kappa shape index (κ1) is 17.0. The number of amides is 1. The predicted octanol–water partition coefficient (Wildman–Crippen LogP) is 2.69. The Morgan fingerprint density at radius 2 is 1.90 bits per heavy atom. The lowest BCUT2D eigenvalue weighted by Crippen LogP contribution is -2.38. The number of hydrogen-bond donors (Lipinski definition) is 1. The maximum atomic E-state index is 13.0. The summed E-state index contributed by atoms with van der Waals surface area (Å²) in [5, 5.41) is 3.50. The first-order valence-corrected chi connectivity index (χ1v) is 7.78. The van der Waals surface area contributed by atoms with Gasteiger partial charge in [-0.05, 0) is 37.0 Å². The number of carbonyl (C=O) groups excluding carboxylic acids is 1. The number of likely N-dealkylation sites (N-methyl/N-ethyl adjacent to an activating group) is 1. The first-order chi connectivity index (χ1) is 9.41. The van der Waals surface area contributed by atoms with E-state index >= 15 is 0 Å². The van der Waals surface area contributed by atoms with E-state index < -0.39 is 0 Å². The van der Waals surface area contributed by atoms with Gasteiger partial charge in [-0.2, -0.15) is 11.8 Å². The van der Waals surface area contributed by atoms with Crippen LogP contribution in [0.2, 0.25) is 0 Å². The summed E-state index contributed by atoms with van der Waals surface area (Å²) >= 11 is 1.81. The van der Waals surface area contributed by atoms with Crippen molar-refractivity contribution < 1.29 is 9.18 Å². The van der Waals surface area contributed by atoms with E-state index in [9.17, 15) is 9.18 Å². The van der Waals surface area contributed by atoms with Gasteiger partial charge in [-0.15, -0.1) is 0 Å². The van der Waals surface area contributed by atoms with Gasteiger partial charge in [0, 0.05) is 12.3 Å². The second-order valence-corrected chi connectivity index (χ2v) is 6.81. The van der Waals surface area contributed by atoms with Crippen LogP contribution in [0.25, 0.3) is 0 Å². The summed E-state index contributed by atoms with van der Waals surface area (Å²) in [5.41, 5.74) is 0.797. The molecule has 0 heterocycles. The Morgan fingerprint density at radius 1 is 1.30 bits per heavy atom. The highest BCUT2D eigenvalue weighted by molar-refractivity contribution is 7.99. The number of halogens is 1. The van der Waals surface area contributed by atoms with E-state index in [-0.39, 0.29) is 17.8 Å². The molecule has 0 radical (unpaired) electrons. The van der Waals surface area contributed by atoms with Gasteiger partial charge in [-0.1, -0.05) is 26.0 Å². The second-order valence-electron chi connectivity index (χ2n) is 5.13. The van der Waals surface area contributed by atoms with Crippen molar-refractivity contribution in [1.82, 2.24) is 10.2 Å². The molecular formula is C15H23FN2OS. The molecule has 0 saturated heterocycles. The molecule has 0 bridgehead atoms. The van der Waals surface area contributed by atoms with Crippen LogP contribution in [0.3, 0.4) is 0 Å². The molecule has 0 fully saturated rings. The van der Waals surface area contributed by atoms with Crippen molar-refractivity contribution in [2.45, 2.75) is 25.1 Å². The van der Waals surface area contributed by atoms with Crippen LogP contribution in [0.5, 0.6) is 0 Å². The molecule has 112 valence electrons. The Balaban J connectivity index is 2.62. The Hall–Kier alpha value is -1.07. The molecule has 0 aromatic heterocycles. The van der Waals surface area contributed by atoms with Crippen molar-refractivity contribution >= 4 is 17.7 Å². The van der Waals surface area contributed by atoms with Crippen LogP contribution in [0.4, 0.5) is 4.39 Å². The third-order valence-electron chi connectivity index (χ3n) is 2.80. The first-order valence-electron chi connectivity index (χ1n) is 6.73. The van der Waals surface area contributed by atoms with Crippen LogP contribution in [-0.4, -0.2) is 42.4 Å². The summed E-state index contributed by atoms with van der Waals surface area (Å²) in [6.45, 7) is 4.91. The highest BCUT2D eigenvalue weighted by Gasteiger charge is 2.22. The van der Waals surface area contributed by atoms with E-state index in [0.29, 0.717) is 11.8 Å². The van der Waals surface area contributed by atoms with E-state index in [0.717, 1.165) is 11.3 Å². The molecule has 1 atom stereocenters. The zero-order valence-corrected chi connectivity index (χ0v) is 13.3. The summed E-state index contributed by atoms with van der Waals surface area (Å²) in [6, 6.07) is 5.69. The summed E-state index contributed by atoms with van der Waals surface area (Å²) < 4.78 is 13.0. The normalized spacial score (nSPS) is 12.8. The molecule has 1 unspecified atom stereocenters. The monoisotopic (exact) mass is 298 g/mol. The zero-order valence-electron chi connectivity index (χ0n) is 12.5. The van der Waals surface area contributed by atoms with Crippen LogP contribution in [0.1, 0.15) is 25.5 Å². The van der Waals surface area contributed by atoms with E-state index in [4.69, 9.17) is 0 Å². The minimum atomic E-state index is -0.389. The molecule has 1 amide bonds. The molecule has 5 heteroatoms. The van der Waals surface area contributed by atoms with Gasteiger partial charge in [0.15, 0.2) is 0 Å². The maximum Gasteiger partial charge on any atom is 0.241 e. The summed E-state index contributed by atoms with van der Waals surface area (Å²) in [7, 11) is 3.69. The molecule has 0 saturated carbocycles. The van der Waals surface area contributed by atoms with Crippen molar-refractivity contribution in [1.29, 1.82) is 0 Å². The van der Waals surface area contributed by atoms with Crippen LogP contribution in [-0.2, 0) is 4.79 Å². The number of thioether (sulfide) groups is 1. The van der Waals surface area contributed by atoms with Gasteiger partial charge in [-0.3, -0.25) is 9.69 Å². The predicted molar refractivity (Wildman–Crippen MR) is 83.4 cm³/mol. The number of benzene rings is 1. The third-order valence-corrected chi connectivity index (χ3v) is 3.91. The molecule has 1 N–H and O–H groups in total. The number of hydrogen-bond acceptors (Lipinski definition) is 3. The van der Waals surface area contributed by atoms with Crippen LogP contribution in [0.15, 0.2) is 24.3 Å². The second kappa shape index (κ2) is 8.27. The van der Waals surface area contributed by atoms with Crippen molar-refractivity contribution in [2.24, 2.45) is 0 Å². The van der Waals surface area contributed by atoms with Gasteiger partial charge in [0.1, 0.15) is 11.9 Å². The number of rotatable bonds is 7. The number of carbonyl (C=O) groups is 1. The molecule has 0 spiro atoms. The van der Waals surface area contributed by atoms with Crippen LogP contribution >= 0.6 is 11.8 Å². The standard InChI is InChI=1S/C15H23FN2OS/c1-11(2)20-10-9-17-15(19)14(18(3)4)12-5-7-13(16)8-6-12/h5-8,11,14H,9-10H2,1-4H3,(H,17,19). The molecule has 1 rings (SSSR count). The Labute approximate surface area is 124 Å². The molecular weight excluding hydrogens is 275 g/mol. The number of nitrogens with one attached hydrogen (secondary N) is 1. The zero-order chi connectivity index (χ0) is 15.1. The summed E-state index contributed by atoms with van der Waals surface area (Å²) in [5.74, 6) is 0.554. The van der Waals surface area contributed by atoms with Crippen LogP contribution < -0.4 is 5.32 Å². The molecule has 0 aliphatic carbocycles. The fourth-order valence-corrected chi connectivity index (χ4v) is 2.59. The van der Waals surface area contributed by atoms with E-state index in [1.807, 2.05) is 30.8 Å². The molecule has 3 nitrogen and oxygen atoms in total. The van der Waals surface area contributed by atoms with E-state index in [1.54, 1.807) is 12.1 Å². The molecule has 0 aliphatic rings. The maximum absolute atomic E-state index is 13.0. The van der Waals surface area contributed by atoms with Crippen molar-refractivity contribution in [2.75, 3.05) is 26.4 Å². The van der Waals surface area contributed by atoms with Gasteiger partial charge >= 0.3 is 0 Å². The third kappa shape index (κ3) is 5.51. The lowest BCUT2D eigenvalue weighted by atomic mass is 10.1. The Kier molecular flexibility index (Phi) is 7.02. The minimum Gasteiger partial charge on any atom is -0.354 e. The van der Waals surface area contributed by atoms with Gasteiger partial charge in [0.05, 0.1) is 0 Å². The van der Waals surface area contributed by atoms with Gasteiger partial charge in [0.25, 0.3) is 0 Å². The topological polar surface area (TPSA) is 32.3 Å². The minimum absolute atomic E-state index is 0.0500. The number of nitrogens with zero attached hydrogens (tertiary/aromatic N) is 1. The van der Waals surface area contributed by atoms with E-state index in [1.165, 1.54) is 12.1 Å². The summed E-state index contributed by atoms with van der Waals surface area (Å²) in [4.78, 5) is 14.1. The van der Waals surface area contributed by atoms with Crippen LogP contribution in [0, 0.1) is 5.82 Å². The highest BCUT2D eigenvalue weighted by atomic mass is 32.2. The smallest absolute Gasteiger partial charge is 0.241 e. The average molecular weight is 298 g/mol. The SMILES string of the molecule is CC(C)SCCNC(=O)C(c1ccc(F)cc1)N(C)C.